The molecule has 0 saturated heterocycles. The minimum absolute atomic E-state index is 0. The molecule has 2 aromatic rings. The summed E-state index contributed by atoms with van der Waals surface area (Å²) in [7, 11) is -0.394. The predicted octanol–water partition coefficient (Wildman–Crippen LogP) is 2.58. The van der Waals surface area contributed by atoms with Gasteiger partial charge in [-0.15, -0.1) is 12.4 Å². The van der Waals surface area contributed by atoms with Crippen LogP contribution in [-0.2, 0) is 10.0 Å². The molecule has 0 aliphatic carbocycles. The van der Waals surface area contributed by atoms with Gasteiger partial charge in [-0.25, -0.2) is 8.42 Å². The first-order chi connectivity index (χ1) is 12.4. The topological polar surface area (TPSA) is 78.5 Å². The van der Waals surface area contributed by atoms with Gasteiger partial charge in [0.1, 0.15) is 0 Å². The smallest absolute Gasteiger partial charge is 0.264 e. The van der Waals surface area contributed by atoms with Gasteiger partial charge in [-0.05, 0) is 57.3 Å². The van der Waals surface area contributed by atoms with Crippen LogP contribution in [0.2, 0.25) is 0 Å². The molecule has 0 atom stereocenters. The van der Waals surface area contributed by atoms with E-state index in [0.29, 0.717) is 17.8 Å². The van der Waals surface area contributed by atoms with Crippen LogP contribution >= 0.6 is 12.4 Å². The Morgan fingerprint density at radius 3 is 2.37 bits per heavy atom. The Morgan fingerprint density at radius 2 is 1.74 bits per heavy atom. The van der Waals surface area contributed by atoms with Crippen molar-refractivity contribution in [1.82, 2.24) is 10.6 Å². The molecule has 0 saturated carbocycles. The fraction of sp³-hybridized carbons (Fsp3) is 0.316. The summed E-state index contributed by atoms with van der Waals surface area (Å²) in [5, 5.41) is 5.80. The monoisotopic (exact) mass is 411 g/mol. The number of amides is 1. The molecule has 2 aromatic carbocycles. The van der Waals surface area contributed by atoms with Crippen LogP contribution in [0.25, 0.3) is 0 Å². The van der Waals surface area contributed by atoms with Crippen LogP contribution in [0.15, 0.2) is 53.4 Å². The molecule has 6 nitrogen and oxygen atoms in total. The summed E-state index contributed by atoms with van der Waals surface area (Å²) in [6.07, 6.45) is 0.802. The van der Waals surface area contributed by atoms with Gasteiger partial charge in [-0.3, -0.25) is 9.10 Å². The highest BCUT2D eigenvalue weighted by molar-refractivity contribution is 7.92. The van der Waals surface area contributed by atoms with Gasteiger partial charge in [0.15, 0.2) is 0 Å². The standard InChI is InChI=1S/C19H25N3O3S.ClH/c1-15-8-10-17(11-9-15)22(3)26(24,25)18-7-4-6-16(14-18)19(23)21-13-5-12-20-2;/h4,6-11,14,20H,5,12-13H2,1-3H3,(H,21,23);1H. The summed E-state index contributed by atoms with van der Waals surface area (Å²) < 4.78 is 27.0. The minimum Gasteiger partial charge on any atom is -0.352 e. The molecule has 0 aromatic heterocycles. The van der Waals surface area contributed by atoms with E-state index in [9.17, 15) is 13.2 Å². The van der Waals surface area contributed by atoms with Crippen LogP contribution in [0.4, 0.5) is 5.69 Å². The number of carbonyl (C=O) groups is 1. The molecular formula is C19H26ClN3O3S. The third-order valence-corrected chi connectivity index (χ3v) is 5.82. The maximum absolute atomic E-state index is 12.9. The zero-order valence-corrected chi connectivity index (χ0v) is 17.4. The number of anilines is 1. The van der Waals surface area contributed by atoms with Crippen LogP contribution in [0.1, 0.15) is 22.3 Å². The molecule has 8 heteroatoms. The molecule has 27 heavy (non-hydrogen) atoms. The average Bonchev–Trinajstić information content (AvgIpc) is 2.65. The largest absolute Gasteiger partial charge is 0.352 e. The van der Waals surface area contributed by atoms with E-state index < -0.39 is 10.0 Å². The number of hydrogen-bond acceptors (Lipinski definition) is 4. The van der Waals surface area contributed by atoms with Gasteiger partial charge in [-0.1, -0.05) is 23.8 Å². The van der Waals surface area contributed by atoms with E-state index >= 15 is 0 Å². The zero-order valence-electron chi connectivity index (χ0n) is 15.7. The Bertz CT molecular complexity index is 855. The molecule has 0 unspecified atom stereocenters. The highest BCUT2D eigenvalue weighted by Crippen LogP contribution is 2.23. The summed E-state index contributed by atoms with van der Waals surface area (Å²) in [5.41, 5.74) is 1.95. The molecule has 0 bridgehead atoms. The summed E-state index contributed by atoms with van der Waals surface area (Å²) in [6, 6.07) is 13.3. The normalized spacial score (nSPS) is 10.8. The van der Waals surface area contributed by atoms with Gasteiger partial charge in [0, 0.05) is 19.2 Å². The molecule has 1 amide bonds. The fourth-order valence-corrected chi connectivity index (χ4v) is 3.66. The summed E-state index contributed by atoms with van der Waals surface area (Å²) >= 11 is 0. The fourth-order valence-electron chi connectivity index (χ4n) is 2.42. The van der Waals surface area contributed by atoms with Gasteiger partial charge < -0.3 is 10.6 Å². The number of sulfonamides is 1. The molecule has 0 radical (unpaired) electrons. The van der Waals surface area contributed by atoms with Gasteiger partial charge in [-0.2, -0.15) is 0 Å². The first kappa shape index (κ1) is 23.0. The minimum atomic E-state index is -3.75. The first-order valence-electron chi connectivity index (χ1n) is 8.44. The van der Waals surface area contributed by atoms with Crippen molar-refractivity contribution in [2.75, 3.05) is 31.5 Å². The van der Waals surface area contributed by atoms with E-state index in [1.54, 1.807) is 24.3 Å². The average molecular weight is 412 g/mol. The molecule has 0 aliphatic heterocycles. The molecule has 2 rings (SSSR count). The lowest BCUT2D eigenvalue weighted by molar-refractivity contribution is 0.0953. The number of carbonyl (C=O) groups excluding carboxylic acids is 1. The van der Waals surface area contributed by atoms with Crippen LogP contribution in [0.5, 0.6) is 0 Å². The maximum Gasteiger partial charge on any atom is 0.264 e. The number of nitrogens with zero attached hydrogens (tertiary/aromatic N) is 1. The first-order valence-corrected chi connectivity index (χ1v) is 9.88. The highest BCUT2D eigenvalue weighted by Gasteiger charge is 2.22. The Kier molecular flexibility index (Phi) is 8.75. The summed E-state index contributed by atoms with van der Waals surface area (Å²) in [6.45, 7) is 3.27. The second-order valence-corrected chi connectivity index (χ2v) is 8.02. The SMILES string of the molecule is CNCCCNC(=O)c1cccc(S(=O)(=O)N(C)c2ccc(C)cc2)c1.Cl. The second kappa shape index (κ2) is 10.3. The van der Waals surface area contributed by atoms with Crippen LogP contribution in [0, 0.1) is 6.92 Å². The van der Waals surface area contributed by atoms with Crippen molar-refractivity contribution in [2.24, 2.45) is 0 Å². The molecule has 0 heterocycles. The number of hydrogen-bond donors (Lipinski definition) is 2. The highest BCUT2D eigenvalue weighted by atomic mass is 35.5. The van der Waals surface area contributed by atoms with E-state index in [-0.39, 0.29) is 23.2 Å². The third-order valence-electron chi connectivity index (χ3n) is 4.04. The number of rotatable bonds is 8. The van der Waals surface area contributed by atoms with Crippen molar-refractivity contribution in [3.8, 4) is 0 Å². The Morgan fingerprint density at radius 1 is 1.07 bits per heavy atom. The third kappa shape index (κ3) is 5.95. The molecule has 0 spiro atoms. The van der Waals surface area contributed by atoms with Crippen LogP contribution in [0.3, 0.4) is 0 Å². The van der Waals surface area contributed by atoms with Crippen molar-refractivity contribution >= 4 is 34.0 Å². The molecule has 0 fully saturated rings. The molecule has 2 N–H and O–H groups in total. The molecular weight excluding hydrogens is 386 g/mol. The van der Waals surface area contributed by atoms with Crippen molar-refractivity contribution in [3.05, 3.63) is 59.7 Å². The van der Waals surface area contributed by atoms with Crippen LogP contribution in [-0.4, -0.2) is 41.5 Å². The van der Waals surface area contributed by atoms with Crippen LogP contribution < -0.4 is 14.9 Å². The predicted molar refractivity (Wildman–Crippen MR) is 111 cm³/mol. The van der Waals surface area contributed by atoms with E-state index in [1.165, 1.54) is 23.5 Å². The number of halogens is 1. The van der Waals surface area contributed by atoms with E-state index in [4.69, 9.17) is 0 Å². The quantitative estimate of drug-likeness (QED) is 0.654. The second-order valence-electron chi connectivity index (χ2n) is 6.05. The summed E-state index contributed by atoms with van der Waals surface area (Å²) in [5.74, 6) is -0.281. The van der Waals surface area contributed by atoms with Crippen molar-refractivity contribution in [1.29, 1.82) is 0 Å². The molecule has 0 aliphatic rings. The molecule has 148 valence electrons. The lowest BCUT2D eigenvalue weighted by Crippen LogP contribution is -2.28. The van der Waals surface area contributed by atoms with Crippen molar-refractivity contribution in [3.63, 3.8) is 0 Å². The van der Waals surface area contributed by atoms with E-state index in [0.717, 1.165) is 18.5 Å². The van der Waals surface area contributed by atoms with Gasteiger partial charge in [0.25, 0.3) is 15.9 Å². The summed E-state index contributed by atoms with van der Waals surface area (Å²) in [4.78, 5) is 12.3. The number of benzene rings is 2. The van der Waals surface area contributed by atoms with E-state index in [1.807, 2.05) is 26.1 Å². The van der Waals surface area contributed by atoms with Gasteiger partial charge in [0.2, 0.25) is 0 Å². The van der Waals surface area contributed by atoms with E-state index in [2.05, 4.69) is 10.6 Å². The van der Waals surface area contributed by atoms with Crippen molar-refractivity contribution < 1.29 is 13.2 Å². The Labute approximate surface area is 167 Å². The Balaban J connectivity index is 0.00000364. The number of nitrogens with one attached hydrogen (secondary N) is 2. The van der Waals surface area contributed by atoms with Gasteiger partial charge >= 0.3 is 0 Å². The lowest BCUT2D eigenvalue weighted by atomic mass is 10.2. The maximum atomic E-state index is 12.9. The van der Waals surface area contributed by atoms with Gasteiger partial charge in [0.05, 0.1) is 10.6 Å². The lowest BCUT2D eigenvalue weighted by Gasteiger charge is -2.20. The number of aryl methyl sites for hydroxylation is 1. The van der Waals surface area contributed by atoms with Crippen molar-refractivity contribution in [2.45, 2.75) is 18.2 Å². The Hall–Kier alpha value is -2.09. The zero-order chi connectivity index (χ0) is 19.2.